The van der Waals surface area contributed by atoms with Crippen LogP contribution < -0.4 is 0 Å². The molecule has 0 aliphatic carbocycles. The van der Waals surface area contributed by atoms with Gasteiger partial charge in [-0.3, -0.25) is 0 Å². The van der Waals surface area contributed by atoms with Gasteiger partial charge in [-0.15, -0.1) is 0 Å². The van der Waals surface area contributed by atoms with E-state index in [4.69, 9.17) is 9.47 Å². The number of hydrogen-bond acceptors (Lipinski definition) is 2. The van der Waals surface area contributed by atoms with E-state index in [2.05, 4.69) is 6.92 Å². The molecule has 2 fully saturated rings. The van der Waals surface area contributed by atoms with Crippen molar-refractivity contribution in [1.29, 1.82) is 0 Å². The Kier molecular flexibility index (Phi) is 6.26. The van der Waals surface area contributed by atoms with E-state index in [0.717, 1.165) is 25.9 Å². The molecule has 2 nitrogen and oxygen atoms in total. The van der Waals surface area contributed by atoms with Gasteiger partial charge in [-0.2, -0.15) is 13.2 Å². The van der Waals surface area contributed by atoms with E-state index in [0.29, 0.717) is 12.3 Å². The van der Waals surface area contributed by atoms with Gasteiger partial charge in [-0.1, -0.05) is 13.3 Å². The fraction of sp³-hybridized carbons (Fsp3) is 0.875. The lowest BCUT2D eigenvalue weighted by Crippen LogP contribution is -2.38. The molecule has 2 aliphatic rings. The molecule has 0 bridgehead atoms. The number of allylic oxidation sites excluding steroid dienone is 1. The minimum Gasteiger partial charge on any atom is -0.378 e. The van der Waals surface area contributed by atoms with Crippen LogP contribution in [-0.4, -0.2) is 31.6 Å². The van der Waals surface area contributed by atoms with E-state index in [-0.39, 0.29) is 31.1 Å². The average Bonchev–Trinajstić information content (AvgIpc) is 2.47. The van der Waals surface area contributed by atoms with Crippen molar-refractivity contribution in [3.63, 3.8) is 0 Å². The highest BCUT2D eigenvalue weighted by molar-refractivity contribution is 5.04. The Balaban J connectivity index is 1.77. The third kappa shape index (κ3) is 5.23. The monoisotopic (exact) mass is 324 g/mol. The van der Waals surface area contributed by atoms with Crippen molar-refractivity contribution in [3.8, 4) is 0 Å². The molecule has 0 radical (unpaired) electrons. The van der Waals surface area contributed by atoms with Gasteiger partial charge in [0, 0.05) is 12.5 Å². The Morgan fingerprint density at radius 3 is 2.36 bits per heavy atom. The molecule has 22 heavy (non-hydrogen) atoms. The molecule has 0 aromatic heterocycles. The molecule has 0 aromatic carbocycles. The molecule has 0 saturated carbocycles. The van der Waals surface area contributed by atoms with Crippen LogP contribution in [0.3, 0.4) is 0 Å². The number of alkyl halides is 3. The highest BCUT2D eigenvalue weighted by Crippen LogP contribution is 2.34. The van der Waals surface area contributed by atoms with Crippen molar-refractivity contribution in [2.45, 2.75) is 63.8 Å². The Bertz CT molecular complexity index is 365. The predicted octanol–water partition coefficient (Wildman–Crippen LogP) is 4.79. The van der Waals surface area contributed by atoms with Gasteiger partial charge < -0.3 is 9.47 Å². The van der Waals surface area contributed by atoms with E-state index >= 15 is 0 Å². The maximum atomic E-state index is 13.5. The molecule has 0 spiro atoms. The summed E-state index contributed by atoms with van der Waals surface area (Å²) in [4.78, 5) is 0. The maximum absolute atomic E-state index is 13.5. The Labute approximate surface area is 128 Å². The molecular formula is C16H24F4O2. The fourth-order valence-electron chi connectivity index (χ4n) is 3.37. The molecule has 6 heteroatoms. The van der Waals surface area contributed by atoms with Crippen molar-refractivity contribution in [1.82, 2.24) is 0 Å². The van der Waals surface area contributed by atoms with Crippen LogP contribution in [0, 0.1) is 11.8 Å². The summed E-state index contributed by atoms with van der Waals surface area (Å²) >= 11 is 0. The molecular weight excluding hydrogens is 300 g/mol. The van der Waals surface area contributed by atoms with Crippen LogP contribution in [-0.2, 0) is 9.47 Å². The highest BCUT2D eigenvalue weighted by Gasteiger charge is 2.35. The SMILES string of the molecule is CCCC1CCC(C2CCC(/C(F)=C/C(F)(F)F)OC2)OC1. The van der Waals surface area contributed by atoms with Crippen LogP contribution in [0.25, 0.3) is 0 Å². The summed E-state index contributed by atoms with van der Waals surface area (Å²) in [6, 6.07) is 0. The van der Waals surface area contributed by atoms with Crippen molar-refractivity contribution >= 4 is 0 Å². The molecule has 128 valence electrons. The molecule has 4 unspecified atom stereocenters. The van der Waals surface area contributed by atoms with Gasteiger partial charge in [0.1, 0.15) is 11.9 Å². The first-order valence-electron chi connectivity index (χ1n) is 8.07. The van der Waals surface area contributed by atoms with Gasteiger partial charge >= 0.3 is 6.18 Å². The number of ether oxygens (including phenoxy) is 2. The standard InChI is InChI=1S/C16H24F4O2/c1-2-3-11-4-6-14(21-9-11)12-5-7-15(22-10-12)13(17)8-16(18,19)20/h8,11-12,14-15H,2-7,9-10H2,1H3/b13-8-. The summed E-state index contributed by atoms with van der Waals surface area (Å²) in [5, 5.41) is 0. The quantitative estimate of drug-likeness (QED) is 0.692. The summed E-state index contributed by atoms with van der Waals surface area (Å²) in [5.41, 5.74) is 0. The number of halogens is 4. The molecule has 2 rings (SSSR count). The molecule has 4 atom stereocenters. The Hall–Kier alpha value is -0.620. The van der Waals surface area contributed by atoms with Crippen LogP contribution in [0.5, 0.6) is 0 Å². The topological polar surface area (TPSA) is 18.5 Å². The minimum atomic E-state index is -4.63. The van der Waals surface area contributed by atoms with Gasteiger partial charge in [0.25, 0.3) is 0 Å². The van der Waals surface area contributed by atoms with Crippen LogP contribution in [0.2, 0.25) is 0 Å². The zero-order valence-electron chi connectivity index (χ0n) is 12.9. The van der Waals surface area contributed by atoms with E-state index in [1.165, 1.54) is 6.42 Å². The lowest BCUT2D eigenvalue weighted by molar-refractivity contribution is -0.104. The van der Waals surface area contributed by atoms with Gasteiger partial charge in [-0.25, -0.2) is 4.39 Å². The summed E-state index contributed by atoms with van der Waals surface area (Å²) in [6.45, 7) is 3.18. The second kappa shape index (κ2) is 7.77. The molecule has 0 amide bonds. The lowest BCUT2D eigenvalue weighted by Gasteiger charge is -2.37. The van der Waals surface area contributed by atoms with Gasteiger partial charge in [0.15, 0.2) is 0 Å². The Morgan fingerprint density at radius 1 is 1.09 bits per heavy atom. The molecule has 0 N–H and O–H groups in total. The van der Waals surface area contributed by atoms with Crippen LogP contribution in [0.15, 0.2) is 11.9 Å². The van der Waals surface area contributed by atoms with Crippen LogP contribution >= 0.6 is 0 Å². The van der Waals surface area contributed by atoms with E-state index in [1.807, 2.05) is 0 Å². The van der Waals surface area contributed by atoms with Gasteiger partial charge in [0.2, 0.25) is 0 Å². The van der Waals surface area contributed by atoms with Crippen molar-refractivity contribution in [2.75, 3.05) is 13.2 Å². The van der Waals surface area contributed by atoms with E-state index in [9.17, 15) is 17.6 Å². The normalized spacial score (nSPS) is 34.7. The Morgan fingerprint density at radius 2 is 1.86 bits per heavy atom. The summed E-state index contributed by atoms with van der Waals surface area (Å²) < 4.78 is 61.1. The van der Waals surface area contributed by atoms with Gasteiger partial charge in [-0.05, 0) is 38.0 Å². The van der Waals surface area contributed by atoms with E-state index in [1.54, 1.807) is 0 Å². The second-order valence-electron chi connectivity index (χ2n) is 6.33. The first-order chi connectivity index (χ1) is 10.4. The number of rotatable bonds is 4. The zero-order valence-corrected chi connectivity index (χ0v) is 12.9. The fourth-order valence-corrected chi connectivity index (χ4v) is 3.37. The average molecular weight is 324 g/mol. The highest BCUT2D eigenvalue weighted by atomic mass is 19.4. The third-order valence-corrected chi connectivity index (χ3v) is 4.55. The molecule has 0 aromatic rings. The summed E-state index contributed by atoms with van der Waals surface area (Å²) in [5.74, 6) is -0.443. The third-order valence-electron chi connectivity index (χ3n) is 4.55. The maximum Gasteiger partial charge on any atom is 0.412 e. The van der Waals surface area contributed by atoms with Crippen molar-refractivity contribution in [2.24, 2.45) is 11.8 Å². The number of hydrogen-bond donors (Lipinski definition) is 0. The molecule has 2 aliphatic heterocycles. The summed E-state index contributed by atoms with van der Waals surface area (Å²) in [7, 11) is 0. The van der Waals surface area contributed by atoms with Crippen molar-refractivity contribution in [3.05, 3.63) is 11.9 Å². The first kappa shape index (κ1) is 17.7. The lowest BCUT2D eigenvalue weighted by atomic mass is 9.85. The second-order valence-corrected chi connectivity index (χ2v) is 6.33. The minimum absolute atomic E-state index is 0.101. The van der Waals surface area contributed by atoms with Gasteiger partial charge in [0.05, 0.1) is 18.8 Å². The predicted molar refractivity (Wildman–Crippen MR) is 75.1 cm³/mol. The van der Waals surface area contributed by atoms with Crippen LogP contribution in [0.4, 0.5) is 17.6 Å². The van der Waals surface area contributed by atoms with Crippen LogP contribution in [0.1, 0.15) is 45.4 Å². The molecule has 2 heterocycles. The summed E-state index contributed by atoms with van der Waals surface area (Å²) in [6.07, 6.45) is -0.561. The first-order valence-corrected chi connectivity index (χ1v) is 8.07. The largest absolute Gasteiger partial charge is 0.412 e. The molecule has 2 saturated heterocycles. The zero-order chi connectivity index (χ0) is 16.2. The van der Waals surface area contributed by atoms with E-state index < -0.39 is 18.1 Å². The van der Waals surface area contributed by atoms with Crippen molar-refractivity contribution < 1.29 is 27.0 Å². The smallest absolute Gasteiger partial charge is 0.378 e.